The second-order valence-corrected chi connectivity index (χ2v) is 4.39. The minimum Gasteiger partial charge on any atom is -0.474 e. The summed E-state index contributed by atoms with van der Waals surface area (Å²) in [6.45, 7) is 1.93. The van der Waals surface area contributed by atoms with Crippen molar-refractivity contribution in [3.8, 4) is 5.88 Å². The Morgan fingerprint density at radius 2 is 2.12 bits per heavy atom. The first-order valence-corrected chi connectivity index (χ1v) is 5.88. The first-order chi connectivity index (χ1) is 7.79. The van der Waals surface area contributed by atoms with Crippen LogP contribution in [0, 0.1) is 6.92 Å². The van der Waals surface area contributed by atoms with Gasteiger partial charge in [0, 0.05) is 17.3 Å². The standard InChI is InChI=1S/C13H17NO2/c1-10-7-11(9-15)8-14-13(10)16-12-5-3-2-4-6-12/h7-9,12H,2-6H2,1H3. The lowest BCUT2D eigenvalue weighted by molar-refractivity contribution is 0.112. The summed E-state index contributed by atoms with van der Waals surface area (Å²) in [6, 6.07) is 1.82. The van der Waals surface area contributed by atoms with Crippen molar-refractivity contribution in [1.82, 2.24) is 4.98 Å². The van der Waals surface area contributed by atoms with Crippen molar-refractivity contribution in [2.45, 2.75) is 45.1 Å². The van der Waals surface area contributed by atoms with E-state index in [1.807, 2.05) is 13.0 Å². The maximum Gasteiger partial charge on any atom is 0.216 e. The molecular weight excluding hydrogens is 202 g/mol. The average Bonchev–Trinajstić information content (AvgIpc) is 2.33. The van der Waals surface area contributed by atoms with Crippen LogP contribution in [0.2, 0.25) is 0 Å². The molecule has 0 amide bonds. The molecule has 16 heavy (non-hydrogen) atoms. The van der Waals surface area contributed by atoms with Crippen molar-refractivity contribution >= 4 is 6.29 Å². The largest absolute Gasteiger partial charge is 0.474 e. The zero-order chi connectivity index (χ0) is 11.4. The number of aromatic nitrogens is 1. The van der Waals surface area contributed by atoms with Gasteiger partial charge in [-0.05, 0) is 38.7 Å². The molecule has 1 heterocycles. The van der Waals surface area contributed by atoms with Gasteiger partial charge < -0.3 is 4.74 Å². The molecule has 3 heteroatoms. The summed E-state index contributed by atoms with van der Waals surface area (Å²) in [6.07, 6.45) is 8.74. The number of aryl methyl sites for hydroxylation is 1. The topological polar surface area (TPSA) is 39.2 Å². The quantitative estimate of drug-likeness (QED) is 0.734. The zero-order valence-electron chi connectivity index (χ0n) is 9.61. The van der Waals surface area contributed by atoms with Gasteiger partial charge in [-0.25, -0.2) is 4.98 Å². The Morgan fingerprint density at radius 3 is 2.75 bits per heavy atom. The molecule has 3 nitrogen and oxygen atoms in total. The maximum absolute atomic E-state index is 10.6. The Labute approximate surface area is 95.8 Å². The van der Waals surface area contributed by atoms with Crippen LogP contribution < -0.4 is 4.74 Å². The predicted octanol–water partition coefficient (Wildman–Crippen LogP) is 2.91. The molecule has 0 unspecified atom stereocenters. The number of nitrogens with zero attached hydrogens (tertiary/aromatic N) is 1. The highest BCUT2D eigenvalue weighted by atomic mass is 16.5. The molecule has 0 aromatic carbocycles. The van der Waals surface area contributed by atoms with Gasteiger partial charge >= 0.3 is 0 Å². The van der Waals surface area contributed by atoms with Crippen LogP contribution in [0.15, 0.2) is 12.3 Å². The molecule has 1 saturated carbocycles. The van der Waals surface area contributed by atoms with Gasteiger partial charge in [0.2, 0.25) is 5.88 Å². The molecule has 0 aliphatic heterocycles. The van der Waals surface area contributed by atoms with Gasteiger partial charge in [0.25, 0.3) is 0 Å². The van der Waals surface area contributed by atoms with Crippen molar-refractivity contribution < 1.29 is 9.53 Å². The monoisotopic (exact) mass is 219 g/mol. The molecular formula is C13H17NO2. The van der Waals surface area contributed by atoms with E-state index in [1.165, 1.54) is 19.3 Å². The highest BCUT2D eigenvalue weighted by Gasteiger charge is 2.16. The number of carbonyl (C=O) groups is 1. The second kappa shape index (κ2) is 5.10. The van der Waals surface area contributed by atoms with Gasteiger partial charge in [0.05, 0.1) is 0 Å². The lowest BCUT2D eigenvalue weighted by Gasteiger charge is -2.23. The molecule has 1 fully saturated rings. The first-order valence-electron chi connectivity index (χ1n) is 5.88. The van der Waals surface area contributed by atoms with Gasteiger partial charge in [0.15, 0.2) is 6.29 Å². The molecule has 0 spiro atoms. The van der Waals surface area contributed by atoms with E-state index in [2.05, 4.69) is 4.98 Å². The molecule has 0 saturated heterocycles. The van der Waals surface area contributed by atoms with E-state index in [0.29, 0.717) is 17.5 Å². The van der Waals surface area contributed by atoms with E-state index in [0.717, 1.165) is 24.7 Å². The van der Waals surface area contributed by atoms with E-state index < -0.39 is 0 Å². The zero-order valence-corrected chi connectivity index (χ0v) is 9.61. The molecule has 1 aliphatic carbocycles. The highest BCUT2D eigenvalue weighted by Crippen LogP contribution is 2.24. The van der Waals surface area contributed by atoms with Gasteiger partial charge in [-0.2, -0.15) is 0 Å². The number of carbonyl (C=O) groups excluding carboxylic acids is 1. The number of aldehydes is 1. The van der Waals surface area contributed by atoms with Crippen LogP contribution in [-0.4, -0.2) is 17.4 Å². The van der Waals surface area contributed by atoms with Crippen molar-refractivity contribution in [3.05, 3.63) is 23.4 Å². The van der Waals surface area contributed by atoms with Crippen LogP contribution in [0.1, 0.15) is 48.0 Å². The van der Waals surface area contributed by atoms with Crippen molar-refractivity contribution in [2.24, 2.45) is 0 Å². The van der Waals surface area contributed by atoms with Crippen molar-refractivity contribution in [2.75, 3.05) is 0 Å². The third-order valence-corrected chi connectivity index (χ3v) is 3.02. The lowest BCUT2D eigenvalue weighted by atomic mass is 9.98. The number of ether oxygens (including phenoxy) is 1. The minimum atomic E-state index is 0.307. The van der Waals surface area contributed by atoms with Crippen LogP contribution in [-0.2, 0) is 0 Å². The molecule has 1 aliphatic rings. The highest BCUT2D eigenvalue weighted by molar-refractivity contribution is 5.74. The van der Waals surface area contributed by atoms with Crippen LogP contribution >= 0.6 is 0 Å². The number of hydrogen-bond acceptors (Lipinski definition) is 3. The fraction of sp³-hybridized carbons (Fsp3) is 0.538. The lowest BCUT2D eigenvalue weighted by Crippen LogP contribution is -2.20. The summed E-state index contributed by atoms with van der Waals surface area (Å²) in [7, 11) is 0. The first kappa shape index (κ1) is 11.1. The Kier molecular flexibility index (Phi) is 3.54. The van der Waals surface area contributed by atoms with Crippen LogP contribution in [0.5, 0.6) is 5.88 Å². The van der Waals surface area contributed by atoms with Gasteiger partial charge in [-0.3, -0.25) is 4.79 Å². The molecule has 0 radical (unpaired) electrons. The number of rotatable bonds is 3. The normalized spacial score (nSPS) is 17.1. The van der Waals surface area contributed by atoms with Gasteiger partial charge in [0.1, 0.15) is 6.10 Å². The van der Waals surface area contributed by atoms with E-state index >= 15 is 0 Å². The summed E-state index contributed by atoms with van der Waals surface area (Å²) < 4.78 is 5.86. The summed E-state index contributed by atoms with van der Waals surface area (Å²) in [5.41, 5.74) is 1.55. The van der Waals surface area contributed by atoms with Crippen molar-refractivity contribution in [3.63, 3.8) is 0 Å². The average molecular weight is 219 g/mol. The third kappa shape index (κ3) is 2.60. The van der Waals surface area contributed by atoms with E-state index in [-0.39, 0.29) is 0 Å². The Balaban J connectivity index is 2.05. The van der Waals surface area contributed by atoms with Gasteiger partial charge in [-0.1, -0.05) is 6.42 Å². The fourth-order valence-electron chi connectivity index (χ4n) is 2.11. The maximum atomic E-state index is 10.6. The number of hydrogen-bond donors (Lipinski definition) is 0. The predicted molar refractivity (Wildman–Crippen MR) is 61.9 cm³/mol. The smallest absolute Gasteiger partial charge is 0.216 e. The van der Waals surface area contributed by atoms with Crippen LogP contribution in [0.25, 0.3) is 0 Å². The van der Waals surface area contributed by atoms with Crippen LogP contribution in [0.3, 0.4) is 0 Å². The summed E-state index contributed by atoms with van der Waals surface area (Å²) >= 11 is 0. The molecule has 2 rings (SSSR count). The minimum absolute atomic E-state index is 0.307. The Hall–Kier alpha value is -1.38. The molecule has 0 atom stereocenters. The second-order valence-electron chi connectivity index (χ2n) is 4.39. The molecule has 86 valence electrons. The van der Waals surface area contributed by atoms with E-state index in [4.69, 9.17) is 4.74 Å². The molecule has 0 N–H and O–H groups in total. The molecule has 1 aromatic rings. The molecule has 0 bridgehead atoms. The van der Waals surface area contributed by atoms with Crippen molar-refractivity contribution in [1.29, 1.82) is 0 Å². The SMILES string of the molecule is Cc1cc(C=O)cnc1OC1CCCCC1. The number of pyridine rings is 1. The van der Waals surface area contributed by atoms with E-state index in [1.54, 1.807) is 6.20 Å². The fourth-order valence-corrected chi connectivity index (χ4v) is 2.11. The summed E-state index contributed by atoms with van der Waals surface area (Å²) in [4.78, 5) is 14.8. The van der Waals surface area contributed by atoms with Crippen LogP contribution in [0.4, 0.5) is 0 Å². The Morgan fingerprint density at radius 1 is 1.38 bits per heavy atom. The third-order valence-electron chi connectivity index (χ3n) is 3.02. The summed E-state index contributed by atoms with van der Waals surface area (Å²) in [5.74, 6) is 0.678. The Bertz CT molecular complexity index is 370. The molecule has 1 aromatic heterocycles. The van der Waals surface area contributed by atoms with Gasteiger partial charge in [-0.15, -0.1) is 0 Å². The summed E-state index contributed by atoms with van der Waals surface area (Å²) in [5, 5.41) is 0. The van der Waals surface area contributed by atoms with E-state index in [9.17, 15) is 4.79 Å².